The number of rotatable bonds is 25. The number of hydroxylamine groups is 3. The van der Waals surface area contributed by atoms with Crippen LogP contribution in [-0.4, -0.2) is 181 Å². The Balaban J connectivity index is 0.000000150. The SMILES string of the molecule is CCONC(=O)c1cn(-c2ccc(CC)cc2)c2nc(Nc3ccc(C4CCN(CC)CC4)cc3)ncc2c1=O.CCc1ccc(-n2cc(C(=O)NOC(C)C)c(=O)c3cnc(Nc4ccc(C5CCN(CC)CC5)cc4)nc32)cc1.CONC(=O)c1cn(-c2ccc3c(c2)CCC3)c2nc(Nc3ccc(S(=O)(=O)N4CCN(C)CC4)cc3)ncc2c1=O. The molecule has 123 heavy (non-hydrogen) atoms. The lowest BCUT2D eigenvalue weighted by atomic mass is 9.89. The number of anilines is 6. The maximum absolute atomic E-state index is 13.4. The number of hydrogen-bond acceptors (Lipinski definition) is 23. The van der Waals surface area contributed by atoms with Crippen LogP contribution in [0.15, 0.2) is 196 Å². The zero-order valence-corrected chi connectivity index (χ0v) is 71.6. The van der Waals surface area contributed by atoms with E-state index in [4.69, 9.17) is 24.5 Å². The Hall–Kier alpha value is -12.3. The molecule has 640 valence electrons. The summed E-state index contributed by atoms with van der Waals surface area (Å²) in [6.45, 7) is 23.3. The number of likely N-dealkylation sites (N-methyl/N-ethyl adjacent to an activating group) is 1. The highest BCUT2D eigenvalue weighted by Gasteiger charge is 2.30. The summed E-state index contributed by atoms with van der Waals surface area (Å²) in [5.41, 5.74) is 18.6. The first-order chi connectivity index (χ1) is 59.6. The van der Waals surface area contributed by atoms with Crippen LogP contribution in [0.4, 0.5) is 34.9 Å². The molecule has 3 saturated heterocycles. The number of nitrogens with one attached hydrogen (secondary N) is 6. The fraction of sp³-hybridized carbons (Fsp3) is 0.348. The van der Waals surface area contributed by atoms with E-state index in [-0.39, 0.29) is 56.4 Å². The number of benzene rings is 6. The molecule has 6 N–H and O–H groups in total. The monoisotopic (exact) mass is 1680 g/mol. The van der Waals surface area contributed by atoms with Gasteiger partial charge in [0.2, 0.25) is 44.2 Å². The number of carbonyl (C=O) groups excluding carboxylic acids is 3. The van der Waals surface area contributed by atoms with Gasteiger partial charge in [-0.05, 0) is 255 Å². The van der Waals surface area contributed by atoms with Crippen molar-refractivity contribution in [1.29, 1.82) is 0 Å². The molecule has 12 aromatic rings. The average Bonchev–Trinajstić information content (AvgIpc) is 1.72. The molecular formula is C92H105N19O11S. The van der Waals surface area contributed by atoms with Gasteiger partial charge in [0.15, 0.2) is 16.9 Å². The van der Waals surface area contributed by atoms with Crippen molar-refractivity contribution in [2.75, 3.05) is 102 Å². The van der Waals surface area contributed by atoms with E-state index in [0.717, 1.165) is 99.8 Å². The largest absolute Gasteiger partial charge is 0.324 e. The molecule has 3 amide bonds. The molecule has 0 bridgehead atoms. The molecule has 0 saturated carbocycles. The number of piperazine rings is 1. The summed E-state index contributed by atoms with van der Waals surface area (Å²) >= 11 is 0. The smallest absolute Gasteiger partial charge is 0.280 e. The third-order valence-electron chi connectivity index (χ3n) is 23.0. The Bertz CT molecular complexity index is 6090. The summed E-state index contributed by atoms with van der Waals surface area (Å²) in [6.07, 6.45) is 18.1. The van der Waals surface area contributed by atoms with E-state index in [9.17, 15) is 37.2 Å². The fourth-order valence-corrected chi connectivity index (χ4v) is 17.2. The van der Waals surface area contributed by atoms with Crippen LogP contribution in [0.5, 0.6) is 0 Å². The van der Waals surface area contributed by atoms with Gasteiger partial charge in [-0.25, -0.2) is 39.8 Å². The van der Waals surface area contributed by atoms with E-state index >= 15 is 0 Å². The summed E-state index contributed by atoms with van der Waals surface area (Å²) in [7, 11) is -0.324. The quantitative estimate of drug-likeness (QED) is 0.0289. The number of carbonyl (C=O) groups is 3. The zero-order valence-electron chi connectivity index (χ0n) is 70.8. The highest BCUT2D eigenvalue weighted by atomic mass is 32.2. The van der Waals surface area contributed by atoms with Gasteiger partial charge < -0.3 is 44.4 Å². The number of aromatic nitrogens is 9. The second-order valence-corrected chi connectivity index (χ2v) is 33.2. The topological polar surface area (TPSA) is 342 Å². The van der Waals surface area contributed by atoms with Gasteiger partial charge in [-0.1, -0.05) is 82.3 Å². The first-order valence-electron chi connectivity index (χ1n) is 42.1. The number of nitrogens with zero attached hydrogens (tertiary/aromatic N) is 13. The molecular weight excluding hydrogens is 1580 g/mol. The molecule has 0 spiro atoms. The van der Waals surface area contributed by atoms with Gasteiger partial charge in [0.05, 0.1) is 40.9 Å². The second-order valence-electron chi connectivity index (χ2n) is 31.2. The standard InChI is InChI=1S/C32H38N6O3.C31H36N6O3.C29H31N7O5S/c1-5-22-7-13-26(14-8-22)38-20-28(31(40)36-41-21(3)4)29(39)27-19-33-32(35-30(27)38)34-25-11-9-23(10-12-25)24-15-17-37(6-2)18-16-24;1-4-21-7-13-25(14-8-21)37-20-27(30(39)35-40-6-3)28(38)26-19-32-31(34-29(26)37)33-24-11-9-22(10-12-24)23-15-17-36(5-2)18-16-23;1-34-12-14-35(15-13-34)42(39,40)23-10-7-21(8-11-23)31-29-30-17-24-26(37)25(28(38)33-41-2)18-36(27(24)32-29)22-9-6-19-4-3-5-20(19)16-22/h7-14,19-21,24H,5-6,15-18H2,1-4H3,(H,36,40)(H,33,34,35);7-14,19-20,23H,4-6,15-18H2,1-3H3,(H,35,39)(H,32,33,34);6-11,16-18H,3-5,12-15H2,1-2H3,(H,33,38)(H,30,31,32). The molecule has 9 heterocycles. The number of fused-ring (bicyclic) bond motifs is 4. The van der Waals surface area contributed by atoms with Crippen molar-refractivity contribution in [3.05, 3.63) is 257 Å². The molecule has 31 heteroatoms. The van der Waals surface area contributed by atoms with Crippen LogP contribution in [0.1, 0.15) is 157 Å². The minimum Gasteiger partial charge on any atom is -0.324 e. The van der Waals surface area contributed by atoms with Crippen molar-refractivity contribution in [2.45, 2.75) is 129 Å². The fourth-order valence-electron chi connectivity index (χ4n) is 15.8. The minimum absolute atomic E-state index is 0.0508. The van der Waals surface area contributed by atoms with Crippen LogP contribution in [0.3, 0.4) is 0 Å². The van der Waals surface area contributed by atoms with Gasteiger partial charge in [-0.15, -0.1) is 0 Å². The van der Waals surface area contributed by atoms with Crippen molar-refractivity contribution in [1.82, 2.24) is 79.1 Å². The van der Waals surface area contributed by atoms with Gasteiger partial charge >= 0.3 is 0 Å². The summed E-state index contributed by atoms with van der Waals surface area (Å²) < 4.78 is 32.9. The van der Waals surface area contributed by atoms with E-state index in [1.807, 2.05) is 85.9 Å². The molecule has 0 unspecified atom stereocenters. The van der Waals surface area contributed by atoms with Gasteiger partial charge in [-0.2, -0.15) is 19.3 Å². The van der Waals surface area contributed by atoms with Gasteiger partial charge in [0.1, 0.15) is 16.7 Å². The van der Waals surface area contributed by atoms with Crippen molar-refractivity contribution < 1.29 is 37.3 Å². The maximum atomic E-state index is 13.4. The number of amides is 3. The molecule has 30 nitrogen and oxygen atoms in total. The molecule has 0 radical (unpaired) electrons. The second kappa shape index (κ2) is 39.7. The van der Waals surface area contributed by atoms with Crippen molar-refractivity contribution in [3.8, 4) is 17.1 Å². The molecule has 3 aliphatic heterocycles. The van der Waals surface area contributed by atoms with Crippen LogP contribution in [0.2, 0.25) is 0 Å². The molecule has 0 atom stereocenters. The van der Waals surface area contributed by atoms with E-state index in [0.29, 0.717) is 72.5 Å². The van der Waals surface area contributed by atoms with E-state index in [1.54, 1.807) is 58.7 Å². The number of aryl methyl sites for hydroxylation is 4. The van der Waals surface area contributed by atoms with E-state index in [1.165, 1.54) is 108 Å². The Labute approximate surface area is 714 Å². The van der Waals surface area contributed by atoms with Crippen LogP contribution in [-0.2, 0) is 50.2 Å². The third kappa shape index (κ3) is 20.4. The molecule has 3 fully saturated rings. The Morgan fingerprint density at radius 3 is 1.26 bits per heavy atom. The number of likely N-dealkylation sites (tertiary alicyclic amines) is 2. The maximum Gasteiger partial charge on any atom is 0.280 e. The van der Waals surface area contributed by atoms with Gasteiger partial charge in [-0.3, -0.25) is 43.3 Å². The summed E-state index contributed by atoms with van der Waals surface area (Å²) in [5, 5.41) is 10.3. The Kier molecular flexibility index (Phi) is 28.1. The van der Waals surface area contributed by atoms with Crippen LogP contribution >= 0.6 is 0 Å². The first kappa shape index (κ1) is 87.0. The number of piperidine rings is 2. The predicted octanol–water partition coefficient (Wildman–Crippen LogP) is 12.6. The lowest BCUT2D eigenvalue weighted by molar-refractivity contribution is 0.0000934. The van der Waals surface area contributed by atoms with Crippen molar-refractivity contribution in [2.24, 2.45) is 0 Å². The molecule has 1 aliphatic carbocycles. The summed E-state index contributed by atoms with van der Waals surface area (Å²) in [4.78, 5) is 128. The Morgan fingerprint density at radius 1 is 0.472 bits per heavy atom. The lowest BCUT2D eigenvalue weighted by Gasteiger charge is -2.31. The molecule has 6 aromatic carbocycles. The summed E-state index contributed by atoms with van der Waals surface area (Å²) in [5.74, 6) is 0.184. The molecule has 6 aromatic heterocycles. The van der Waals surface area contributed by atoms with E-state index in [2.05, 4.69) is 131 Å². The third-order valence-corrected chi connectivity index (χ3v) is 24.9. The van der Waals surface area contributed by atoms with E-state index < -0.39 is 44.0 Å². The lowest BCUT2D eigenvalue weighted by Crippen LogP contribution is -2.46. The van der Waals surface area contributed by atoms with Crippen LogP contribution in [0, 0.1) is 0 Å². The molecule has 16 rings (SSSR count). The highest BCUT2D eigenvalue weighted by molar-refractivity contribution is 7.89. The summed E-state index contributed by atoms with van der Waals surface area (Å²) in [6, 6.07) is 45.3. The molecule has 4 aliphatic rings. The van der Waals surface area contributed by atoms with Crippen molar-refractivity contribution in [3.63, 3.8) is 0 Å². The number of pyridine rings is 3. The first-order valence-corrected chi connectivity index (χ1v) is 43.6. The average molecular weight is 1690 g/mol. The highest BCUT2D eigenvalue weighted by Crippen LogP contribution is 2.34. The Morgan fingerprint density at radius 2 is 0.862 bits per heavy atom. The minimum atomic E-state index is -3.60. The van der Waals surface area contributed by atoms with Gasteiger partial charge in [0, 0.05) is 97.5 Å². The zero-order chi connectivity index (χ0) is 86.4. The normalized spacial score (nSPS) is 14.9. The number of hydrogen-bond donors (Lipinski definition) is 6. The number of sulfonamides is 1. The van der Waals surface area contributed by atoms with Crippen LogP contribution < -0.4 is 48.7 Å². The predicted molar refractivity (Wildman–Crippen MR) is 477 cm³/mol. The van der Waals surface area contributed by atoms with Crippen molar-refractivity contribution >= 4 is 95.8 Å². The van der Waals surface area contributed by atoms with Gasteiger partial charge in [0.25, 0.3) is 17.7 Å². The van der Waals surface area contributed by atoms with Crippen LogP contribution in [0.25, 0.3) is 50.2 Å².